The summed E-state index contributed by atoms with van der Waals surface area (Å²) >= 11 is 6.61. The summed E-state index contributed by atoms with van der Waals surface area (Å²) in [7, 11) is 0. The second-order valence-electron chi connectivity index (χ2n) is 10.4. The molecule has 29 heavy (non-hydrogen) atoms. The largest absolute Gasteiger partial charge is 0.390 e. The Hall–Kier alpha value is -1.52. The number of piperidine rings is 1. The summed E-state index contributed by atoms with van der Waals surface area (Å²) in [6.45, 7) is 6.45. The van der Waals surface area contributed by atoms with Gasteiger partial charge in [-0.1, -0.05) is 31.5 Å². The number of halogens is 1. The highest BCUT2D eigenvalue weighted by Crippen LogP contribution is 2.55. The molecule has 4 fully saturated rings. The fraction of sp³-hybridized carbons (Fsp3) is 0.625. The topological polar surface area (TPSA) is 56.3 Å². The monoisotopic (exact) mass is 414 g/mol. The quantitative estimate of drug-likeness (QED) is 0.715. The Balaban J connectivity index is 1.41. The van der Waals surface area contributed by atoms with Gasteiger partial charge in [0.2, 0.25) is 5.91 Å². The fourth-order valence-electron chi connectivity index (χ4n) is 6.79. The normalized spacial score (nSPS) is 34.6. The summed E-state index contributed by atoms with van der Waals surface area (Å²) in [6.07, 6.45) is 7.97. The number of aliphatic hydroxyl groups is 1. The number of rotatable bonds is 3. The third-order valence-corrected chi connectivity index (χ3v) is 8.35. The van der Waals surface area contributed by atoms with E-state index in [0.717, 1.165) is 65.6 Å². The van der Waals surface area contributed by atoms with Crippen molar-refractivity contribution >= 4 is 28.4 Å². The molecule has 1 amide bonds. The number of aryl methyl sites for hydroxylation is 1. The van der Waals surface area contributed by atoms with Crippen molar-refractivity contribution < 1.29 is 9.90 Å². The van der Waals surface area contributed by atoms with E-state index in [-0.39, 0.29) is 29.3 Å². The Labute approximate surface area is 177 Å². The molecule has 2 saturated heterocycles. The molecule has 6 rings (SSSR count). The number of hydrogen-bond acceptors (Lipinski definition) is 2. The minimum absolute atomic E-state index is 0.0905. The zero-order valence-electron chi connectivity index (χ0n) is 17.6. The van der Waals surface area contributed by atoms with Crippen molar-refractivity contribution in [2.75, 3.05) is 0 Å². The maximum absolute atomic E-state index is 13.5. The minimum atomic E-state index is -0.574. The van der Waals surface area contributed by atoms with E-state index in [4.69, 9.17) is 11.6 Å². The van der Waals surface area contributed by atoms with Crippen LogP contribution in [0.3, 0.4) is 0 Å². The molecule has 2 aliphatic carbocycles. The van der Waals surface area contributed by atoms with Gasteiger partial charge >= 0.3 is 0 Å². The summed E-state index contributed by atoms with van der Waals surface area (Å²) in [5.74, 6) is 0.326. The molecule has 2 saturated carbocycles. The number of carbonyl (C=O) groups is 1. The van der Waals surface area contributed by atoms with E-state index in [9.17, 15) is 9.90 Å². The standard InChI is InChI=1S/C24H31ClN2O2/c1-14-4-5-19-21(22(14)25)18(12-26-19)15(2)8-20(28)27-16-6-7-24(29)11-17(27)10-23(3,9-16)13-24/h4-5,12,15-17,26,29H,6-11,13H2,1-3H3. The molecule has 4 bridgehead atoms. The van der Waals surface area contributed by atoms with E-state index in [1.165, 1.54) is 0 Å². The molecule has 2 N–H and O–H groups in total. The van der Waals surface area contributed by atoms with Crippen LogP contribution in [0.1, 0.15) is 75.8 Å². The number of aromatic nitrogens is 1. The summed E-state index contributed by atoms with van der Waals surface area (Å²) in [4.78, 5) is 19.0. The van der Waals surface area contributed by atoms with Gasteiger partial charge in [-0.2, -0.15) is 0 Å². The van der Waals surface area contributed by atoms with Crippen molar-refractivity contribution in [3.8, 4) is 0 Å². The van der Waals surface area contributed by atoms with Gasteiger partial charge in [0.15, 0.2) is 0 Å². The zero-order valence-corrected chi connectivity index (χ0v) is 18.4. The summed E-state index contributed by atoms with van der Waals surface area (Å²) in [5.41, 5.74) is 2.81. The maximum Gasteiger partial charge on any atom is 0.223 e. The van der Waals surface area contributed by atoms with Crippen molar-refractivity contribution in [1.29, 1.82) is 0 Å². The van der Waals surface area contributed by atoms with Crippen molar-refractivity contribution in [2.24, 2.45) is 5.41 Å². The van der Waals surface area contributed by atoms with Gasteiger partial charge in [-0.15, -0.1) is 0 Å². The number of benzene rings is 1. The molecule has 2 aromatic rings. The van der Waals surface area contributed by atoms with Gasteiger partial charge in [0.05, 0.1) is 10.6 Å². The highest BCUT2D eigenvalue weighted by atomic mass is 35.5. The summed E-state index contributed by atoms with van der Waals surface area (Å²) < 4.78 is 0. The van der Waals surface area contributed by atoms with Crippen LogP contribution in [0.15, 0.2) is 18.3 Å². The number of amides is 1. The van der Waals surface area contributed by atoms with Crippen LogP contribution in [0.4, 0.5) is 0 Å². The first-order valence-corrected chi connectivity index (χ1v) is 11.4. The van der Waals surface area contributed by atoms with E-state index in [1.807, 2.05) is 19.2 Å². The lowest BCUT2D eigenvalue weighted by atomic mass is 9.63. The molecule has 5 atom stereocenters. The summed E-state index contributed by atoms with van der Waals surface area (Å²) in [6, 6.07) is 4.55. The van der Waals surface area contributed by atoms with Gasteiger partial charge in [0.1, 0.15) is 0 Å². The number of carbonyl (C=O) groups excluding carboxylic acids is 1. The van der Waals surface area contributed by atoms with E-state index in [0.29, 0.717) is 6.42 Å². The molecule has 4 aliphatic rings. The van der Waals surface area contributed by atoms with Crippen molar-refractivity contribution in [3.05, 3.63) is 34.5 Å². The SMILES string of the molecule is Cc1ccc2[nH]cc(C(C)CC(=O)N3C4CCC5(O)CC3CC(C)(C4)C5)c2c1Cl. The van der Waals surface area contributed by atoms with Gasteiger partial charge < -0.3 is 15.0 Å². The number of aromatic amines is 1. The number of H-pyrrole nitrogens is 1. The Morgan fingerprint density at radius 3 is 2.90 bits per heavy atom. The Morgan fingerprint density at radius 2 is 2.10 bits per heavy atom. The van der Waals surface area contributed by atoms with Crippen LogP contribution in [0.25, 0.3) is 10.9 Å². The fourth-order valence-corrected chi connectivity index (χ4v) is 7.06. The molecule has 1 aromatic heterocycles. The maximum atomic E-state index is 13.5. The van der Waals surface area contributed by atoms with E-state index < -0.39 is 5.60 Å². The molecule has 3 heterocycles. The molecule has 1 aromatic carbocycles. The predicted octanol–water partition coefficient (Wildman–Crippen LogP) is 5.31. The average molecular weight is 415 g/mol. The van der Waals surface area contributed by atoms with Crippen LogP contribution < -0.4 is 0 Å². The third kappa shape index (κ3) is 3.11. The highest BCUT2D eigenvalue weighted by Gasteiger charge is 2.56. The first kappa shape index (κ1) is 19.4. The molecule has 0 spiro atoms. The second-order valence-corrected chi connectivity index (χ2v) is 10.8. The Morgan fingerprint density at radius 1 is 1.34 bits per heavy atom. The van der Waals surface area contributed by atoms with Crippen molar-refractivity contribution in [3.63, 3.8) is 0 Å². The number of hydrogen-bond donors (Lipinski definition) is 2. The highest BCUT2D eigenvalue weighted by molar-refractivity contribution is 6.36. The van der Waals surface area contributed by atoms with Gasteiger partial charge in [0, 0.05) is 35.6 Å². The Kier molecular flexibility index (Phi) is 4.35. The van der Waals surface area contributed by atoms with Crippen molar-refractivity contribution in [2.45, 2.75) is 89.3 Å². The molecule has 2 aliphatic heterocycles. The first-order chi connectivity index (χ1) is 13.7. The van der Waals surface area contributed by atoms with E-state index >= 15 is 0 Å². The molecule has 0 radical (unpaired) electrons. The molecule has 156 valence electrons. The molecular formula is C24H31ClN2O2. The minimum Gasteiger partial charge on any atom is -0.390 e. The number of fused-ring (bicyclic) bond motifs is 2. The molecular weight excluding hydrogens is 384 g/mol. The lowest BCUT2D eigenvalue weighted by molar-refractivity contribution is -0.149. The smallest absolute Gasteiger partial charge is 0.223 e. The number of nitrogens with zero attached hydrogens (tertiary/aromatic N) is 1. The second kappa shape index (κ2) is 6.49. The van der Waals surface area contributed by atoms with Crippen molar-refractivity contribution in [1.82, 2.24) is 9.88 Å². The van der Waals surface area contributed by atoms with E-state index in [2.05, 4.69) is 29.8 Å². The average Bonchev–Trinajstić information content (AvgIpc) is 2.99. The van der Waals surface area contributed by atoms with Gasteiger partial charge in [0.25, 0.3) is 0 Å². The van der Waals surface area contributed by atoms with Crippen LogP contribution in [0.2, 0.25) is 5.02 Å². The van der Waals surface area contributed by atoms with Crippen LogP contribution in [0, 0.1) is 12.3 Å². The van der Waals surface area contributed by atoms with E-state index in [1.54, 1.807) is 0 Å². The van der Waals surface area contributed by atoms with Gasteiger partial charge in [-0.3, -0.25) is 4.79 Å². The van der Waals surface area contributed by atoms with Crippen LogP contribution in [-0.4, -0.2) is 38.6 Å². The Bertz CT molecular complexity index is 979. The zero-order chi connectivity index (χ0) is 20.6. The predicted molar refractivity (Wildman–Crippen MR) is 116 cm³/mol. The molecule has 5 unspecified atom stereocenters. The van der Waals surface area contributed by atoms with Crippen LogP contribution in [0.5, 0.6) is 0 Å². The van der Waals surface area contributed by atoms with Crippen LogP contribution >= 0.6 is 11.6 Å². The lowest BCUT2D eigenvalue weighted by Crippen LogP contribution is -2.58. The summed E-state index contributed by atoms with van der Waals surface area (Å²) in [5, 5.41) is 12.9. The number of nitrogens with one attached hydrogen (secondary N) is 1. The first-order valence-electron chi connectivity index (χ1n) is 11.0. The third-order valence-electron chi connectivity index (χ3n) is 7.86. The van der Waals surface area contributed by atoms with Gasteiger partial charge in [-0.05, 0) is 74.0 Å². The molecule has 5 heteroatoms. The molecule has 4 nitrogen and oxygen atoms in total. The lowest BCUT2D eigenvalue weighted by Gasteiger charge is -2.54. The van der Waals surface area contributed by atoms with Crippen LogP contribution in [-0.2, 0) is 4.79 Å². The van der Waals surface area contributed by atoms with Gasteiger partial charge in [-0.25, -0.2) is 0 Å².